The number of hydrogen-bond donors (Lipinski definition) is 3. The van der Waals surface area contributed by atoms with E-state index < -0.39 is 78.2 Å². The molecular formula is C37H52N4O10. The Hall–Kier alpha value is -4.46. The van der Waals surface area contributed by atoms with Gasteiger partial charge >= 0.3 is 18.0 Å². The molecule has 3 heterocycles. The number of alkyl carbamates (subject to hydrolysis) is 1. The standard InChI is InChI=1S/C37H52N4O10/c1-24(42)50-32(34(45)38-21-30(43)48-4)27-18-14-9-7-5-6-8-10-15-19-28(40-36(47)49-23-25-16-12-11-13-17-25)35(46)41-22-29-26(20-37(2,3)51-29)31(41)33(44)39-27/h5-6,11-13,16-17,26-29,31-32H,7-10,14-15,18-23H2,1-4H3,(H,38,45)(H,39,44)(H,40,47)/b6-5+/t26-,27-,28-,29-,31-,32?/m0/s1. The van der Waals surface area contributed by atoms with Gasteiger partial charge in [0.1, 0.15) is 25.2 Å². The molecular weight excluding hydrogens is 660 g/mol. The highest BCUT2D eigenvalue weighted by Crippen LogP contribution is 2.43. The van der Waals surface area contributed by atoms with Crippen LogP contribution in [0.15, 0.2) is 42.5 Å². The number of carbonyl (C=O) groups excluding carboxylic acids is 6. The minimum atomic E-state index is -1.46. The van der Waals surface area contributed by atoms with Gasteiger partial charge < -0.3 is 39.8 Å². The molecule has 1 unspecified atom stereocenters. The van der Waals surface area contributed by atoms with E-state index in [1.165, 1.54) is 12.0 Å². The zero-order valence-electron chi connectivity index (χ0n) is 30.0. The summed E-state index contributed by atoms with van der Waals surface area (Å²) >= 11 is 0. The Balaban J connectivity index is 1.63. The van der Waals surface area contributed by atoms with Gasteiger partial charge in [0.15, 0.2) is 6.10 Å². The Bertz CT molecular complexity index is 1420. The fourth-order valence-corrected chi connectivity index (χ4v) is 7.07. The molecule has 2 saturated heterocycles. The number of allylic oxidation sites excluding steroid dienone is 2. The van der Waals surface area contributed by atoms with Crippen molar-refractivity contribution in [1.29, 1.82) is 0 Å². The number of carbonyl (C=O) groups is 6. The largest absolute Gasteiger partial charge is 0.468 e. The fourth-order valence-electron chi connectivity index (χ4n) is 7.07. The molecule has 1 aromatic carbocycles. The van der Waals surface area contributed by atoms with Crippen LogP contribution in [0.5, 0.6) is 0 Å². The van der Waals surface area contributed by atoms with Crippen LogP contribution in [0.25, 0.3) is 0 Å². The molecule has 4 rings (SSSR count). The molecule has 3 aliphatic heterocycles. The van der Waals surface area contributed by atoms with Gasteiger partial charge in [-0.15, -0.1) is 0 Å². The predicted octanol–water partition coefficient (Wildman–Crippen LogP) is 3.07. The van der Waals surface area contributed by atoms with Crippen LogP contribution in [0.1, 0.15) is 84.1 Å². The maximum absolute atomic E-state index is 14.4. The molecule has 0 radical (unpaired) electrons. The van der Waals surface area contributed by atoms with Crippen molar-refractivity contribution in [2.24, 2.45) is 5.92 Å². The molecule has 51 heavy (non-hydrogen) atoms. The molecule has 14 nitrogen and oxygen atoms in total. The van der Waals surface area contributed by atoms with Gasteiger partial charge in [0.2, 0.25) is 11.8 Å². The van der Waals surface area contributed by atoms with Crippen LogP contribution in [0.3, 0.4) is 0 Å². The molecule has 14 heteroatoms. The van der Waals surface area contributed by atoms with Crippen molar-refractivity contribution in [1.82, 2.24) is 20.9 Å². The summed E-state index contributed by atoms with van der Waals surface area (Å²) in [6.45, 7) is 4.72. The summed E-state index contributed by atoms with van der Waals surface area (Å²) < 4.78 is 21.8. The van der Waals surface area contributed by atoms with Crippen molar-refractivity contribution in [2.45, 2.75) is 121 Å². The number of ether oxygens (including phenoxy) is 4. The Morgan fingerprint density at radius 2 is 1.71 bits per heavy atom. The number of benzene rings is 1. The van der Waals surface area contributed by atoms with Crippen LogP contribution in [0, 0.1) is 5.92 Å². The number of hydrogen-bond acceptors (Lipinski definition) is 10. The van der Waals surface area contributed by atoms with Crippen LogP contribution in [0.4, 0.5) is 4.79 Å². The van der Waals surface area contributed by atoms with E-state index in [4.69, 9.17) is 14.2 Å². The van der Waals surface area contributed by atoms with Crippen molar-refractivity contribution >= 4 is 35.8 Å². The monoisotopic (exact) mass is 712 g/mol. The lowest BCUT2D eigenvalue weighted by Gasteiger charge is -2.34. The van der Waals surface area contributed by atoms with E-state index in [2.05, 4.69) is 32.8 Å². The van der Waals surface area contributed by atoms with Crippen molar-refractivity contribution in [3.8, 4) is 0 Å². The van der Waals surface area contributed by atoms with Crippen LogP contribution >= 0.6 is 0 Å². The highest BCUT2D eigenvalue weighted by atomic mass is 16.6. The Morgan fingerprint density at radius 1 is 1.02 bits per heavy atom. The van der Waals surface area contributed by atoms with Crippen LogP contribution in [-0.2, 0) is 49.5 Å². The summed E-state index contributed by atoms with van der Waals surface area (Å²) in [4.78, 5) is 80.7. The Kier molecular flexibility index (Phi) is 14.4. The van der Waals surface area contributed by atoms with Gasteiger partial charge in [-0.2, -0.15) is 0 Å². The van der Waals surface area contributed by atoms with E-state index >= 15 is 0 Å². The SMILES string of the molecule is COC(=O)CNC(=O)C(OC(C)=O)[C@@H]1CCCC/C=C/CCCC[C@H](NC(=O)OCc2ccccc2)C(=O)N2C[C@@H]3OC(C)(C)C[C@@H]3[C@H]2C(=O)N1. The summed E-state index contributed by atoms with van der Waals surface area (Å²) in [5.74, 6) is -3.56. The zero-order valence-corrected chi connectivity index (χ0v) is 30.0. The van der Waals surface area contributed by atoms with E-state index in [0.717, 1.165) is 38.2 Å². The molecule has 3 aliphatic rings. The average Bonchev–Trinajstić information content (AvgIpc) is 3.59. The number of amides is 4. The van der Waals surface area contributed by atoms with Crippen LogP contribution in [0.2, 0.25) is 0 Å². The van der Waals surface area contributed by atoms with E-state index in [-0.39, 0.29) is 25.5 Å². The maximum Gasteiger partial charge on any atom is 0.408 e. The van der Waals surface area contributed by atoms with Crippen LogP contribution < -0.4 is 16.0 Å². The minimum absolute atomic E-state index is 0.0261. The molecule has 0 aliphatic carbocycles. The third-order valence-corrected chi connectivity index (χ3v) is 9.44. The van der Waals surface area contributed by atoms with Gasteiger partial charge in [0.25, 0.3) is 5.91 Å². The van der Waals surface area contributed by atoms with E-state index in [1.54, 1.807) is 0 Å². The smallest absolute Gasteiger partial charge is 0.408 e. The average molecular weight is 713 g/mol. The number of nitrogens with zero attached hydrogens (tertiary/aromatic N) is 1. The molecule has 2 fully saturated rings. The molecule has 0 saturated carbocycles. The molecule has 0 aromatic heterocycles. The first-order valence-electron chi connectivity index (χ1n) is 17.8. The predicted molar refractivity (Wildman–Crippen MR) is 185 cm³/mol. The molecule has 0 spiro atoms. The lowest BCUT2D eigenvalue weighted by molar-refractivity contribution is -0.157. The Labute approximate surface area is 299 Å². The number of nitrogens with one attached hydrogen (secondary N) is 3. The summed E-state index contributed by atoms with van der Waals surface area (Å²) in [5.41, 5.74) is 0.251. The summed E-state index contributed by atoms with van der Waals surface area (Å²) in [6, 6.07) is 6.25. The highest BCUT2D eigenvalue weighted by Gasteiger charge is 2.56. The first-order valence-corrected chi connectivity index (χ1v) is 17.8. The summed E-state index contributed by atoms with van der Waals surface area (Å²) in [6.07, 6.45) is 6.92. The second-order valence-corrected chi connectivity index (χ2v) is 14.0. The quantitative estimate of drug-likeness (QED) is 0.206. The third kappa shape index (κ3) is 11.5. The third-order valence-electron chi connectivity index (χ3n) is 9.44. The van der Waals surface area contributed by atoms with Crippen molar-refractivity contribution in [3.05, 3.63) is 48.0 Å². The topological polar surface area (TPSA) is 179 Å². The van der Waals surface area contributed by atoms with Gasteiger partial charge in [-0.25, -0.2) is 4.79 Å². The van der Waals surface area contributed by atoms with Gasteiger partial charge in [0.05, 0.1) is 24.9 Å². The normalized spacial score (nSPS) is 26.7. The van der Waals surface area contributed by atoms with Crippen molar-refractivity contribution in [3.63, 3.8) is 0 Å². The molecule has 1 aromatic rings. The molecule has 280 valence electrons. The first-order chi connectivity index (χ1) is 24.4. The van der Waals surface area contributed by atoms with Crippen molar-refractivity contribution < 1.29 is 47.7 Å². The minimum Gasteiger partial charge on any atom is -0.468 e. The summed E-state index contributed by atoms with van der Waals surface area (Å²) in [5, 5.41) is 8.15. The zero-order chi connectivity index (χ0) is 37.0. The van der Waals surface area contributed by atoms with Gasteiger partial charge in [-0.3, -0.25) is 24.0 Å². The van der Waals surface area contributed by atoms with E-state index in [9.17, 15) is 28.8 Å². The lowest BCUT2D eigenvalue weighted by Crippen LogP contribution is -2.59. The number of methoxy groups -OCH3 is 1. The van der Waals surface area contributed by atoms with Gasteiger partial charge in [-0.05, 0) is 64.4 Å². The molecule has 0 bridgehead atoms. The van der Waals surface area contributed by atoms with Gasteiger partial charge in [0, 0.05) is 19.4 Å². The summed E-state index contributed by atoms with van der Waals surface area (Å²) in [7, 11) is 1.18. The highest BCUT2D eigenvalue weighted by molar-refractivity contribution is 5.93. The molecule has 6 atom stereocenters. The number of rotatable bonds is 8. The fraction of sp³-hybridized carbons (Fsp3) is 0.622. The maximum atomic E-state index is 14.4. The second kappa shape index (κ2) is 18.7. The first kappa shape index (κ1) is 39.3. The molecule has 3 N–H and O–H groups in total. The second-order valence-electron chi connectivity index (χ2n) is 14.0. The number of fused-ring (bicyclic) bond motifs is 3. The van der Waals surface area contributed by atoms with Crippen molar-refractivity contribution in [2.75, 3.05) is 20.2 Å². The molecule has 4 amide bonds. The van der Waals surface area contributed by atoms with E-state index in [1.807, 2.05) is 44.2 Å². The lowest BCUT2D eigenvalue weighted by atomic mass is 9.89. The Morgan fingerprint density at radius 3 is 2.37 bits per heavy atom. The van der Waals surface area contributed by atoms with E-state index in [0.29, 0.717) is 25.7 Å². The van der Waals surface area contributed by atoms with Gasteiger partial charge in [-0.1, -0.05) is 55.3 Å². The number of esters is 2. The van der Waals surface area contributed by atoms with Crippen LogP contribution in [-0.4, -0.2) is 96.8 Å².